The molecule has 0 spiro atoms. The van der Waals surface area contributed by atoms with Crippen LogP contribution in [0.15, 0.2) is 73.1 Å². The lowest BCUT2D eigenvalue weighted by atomic mass is 9.95. The number of fused-ring (bicyclic) bond motifs is 3. The number of anilines is 2. The van der Waals surface area contributed by atoms with Gasteiger partial charge >= 0.3 is 0 Å². The molecule has 2 aromatic heterocycles. The summed E-state index contributed by atoms with van der Waals surface area (Å²) in [6, 6.07) is 20.5. The van der Waals surface area contributed by atoms with Crippen LogP contribution in [0.5, 0.6) is 0 Å². The second kappa shape index (κ2) is 8.16. The Balaban J connectivity index is 1.07. The quantitative estimate of drug-likeness (QED) is 0.459. The van der Waals surface area contributed by atoms with Crippen molar-refractivity contribution < 1.29 is 4.79 Å². The van der Waals surface area contributed by atoms with Gasteiger partial charge in [-0.2, -0.15) is 5.10 Å². The number of nitrogens with one attached hydrogen (secondary N) is 1. The van der Waals surface area contributed by atoms with Gasteiger partial charge in [0.2, 0.25) is 5.91 Å². The van der Waals surface area contributed by atoms with E-state index in [-0.39, 0.29) is 11.8 Å². The van der Waals surface area contributed by atoms with E-state index in [4.69, 9.17) is 0 Å². The Hall–Kier alpha value is -4.00. The highest BCUT2D eigenvalue weighted by Gasteiger charge is 2.26. The van der Waals surface area contributed by atoms with E-state index in [1.807, 2.05) is 30.5 Å². The highest BCUT2D eigenvalue weighted by molar-refractivity contribution is 5.93. The van der Waals surface area contributed by atoms with E-state index in [1.165, 1.54) is 22.3 Å². The molecule has 4 aromatic rings. The average Bonchev–Trinajstić information content (AvgIpc) is 3.52. The normalized spacial score (nSPS) is 15.2. The molecule has 1 aliphatic carbocycles. The van der Waals surface area contributed by atoms with Crippen molar-refractivity contribution >= 4 is 17.4 Å². The van der Waals surface area contributed by atoms with E-state index in [1.54, 1.807) is 10.9 Å². The first-order chi connectivity index (χ1) is 16.2. The summed E-state index contributed by atoms with van der Waals surface area (Å²) in [4.78, 5) is 15.1. The monoisotopic (exact) mass is 436 g/mol. The van der Waals surface area contributed by atoms with Crippen molar-refractivity contribution in [3.8, 4) is 16.9 Å². The molecule has 33 heavy (non-hydrogen) atoms. The summed E-state index contributed by atoms with van der Waals surface area (Å²) in [5.41, 5.74) is 6.09. The van der Waals surface area contributed by atoms with E-state index in [2.05, 4.69) is 61.9 Å². The lowest BCUT2D eigenvalue weighted by Crippen LogP contribution is -2.38. The van der Waals surface area contributed by atoms with Crippen LogP contribution in [0.2, 0.25) is 0 Å². The van der Waals surface area contributed by atoms with Crippen molar-refractivity contribution in [1.82, 2.24) is 20.0 Å². The molecular formula is C26H24N6O. The lowest BCUT2D eigenvalue weighted by molar-refractivity contribution is -0.120. The summed E-state index contributed by atoms with van der Waals surface area (Å²) in [7, 11) is 0. The number of rotatable bonds is 4. The van der Waals surface area contributed by atoms with Crippen molar-refractivity contribution in [2.75, 3.05) is 23.3 Å². The molecule has 1 saturated heterocycles. The maximum atomic E-state index is 12.9. The molecule has 1 N–H and O–H groups in total. The molecule has 0 radical (unpaired) electrons. The summed E-state index contributed by atoms with van der Waals surface area (Å²) in [6.07, 6.45) is 6.07. The number of aromatic nitrogens is 4. The van der Waals surface area contributed by atoms with Gasteiger partial charge in [0.05, 0.1) is 0 Å². The zero-order valence-corrected chi connectivity index (χ0v) is 18.2. The number of carbonyl (C=O) groups is 1. The standard InChI is InChI=1S/C26H24N6O/c33-26(28-21-6-7-23-20(17-21)16-19-4-1-2-5-22(19)23)18-10-14-31(15-11-18)24-8-9-25(30-29-24)32-13-3-12-27-32/h1-9,12-13,17-18H,10-11,14-16H2,(H,28,33). The summed E-state index contributed by atoms with van der Waals surface area (Å²) in [6.45, 7) is 1.57. The van der Waals surface area contributed by atoms with E-state index in [0.29, 0.717) is 5.82 Å². The van der Waals surface area contributed by atoms with Crippen LogP contribution in [-0.2, 0) is 11.2 Å². The molecule has 1 amide bonds. The van der Waals surface area contributed by atoms with Crippen molar-refractivity contribution in [3.63, 3.8) is 0 Å². The van der Waals surface area contributed by atoms with Crippen LogP contribution in [0.4, 0.5) is 11.5 Å². The summed E-state index contributed by atoms with van der Waals surface area (Å²) in [5.74, 6) is 1.63. The third-order valence-corrected chi connectivity index (χ3v) is 6.63. The topological polar surface area (TPSA) is 75.9 Å². The molecule has 0 unspecified atom stereocenters. The Kier molecular flexibility index (Phi) is 4.87. The highest BCUT2D eigenvalue weighted by Crippen LogP contribution is 2.37. The number of hydrogen-bond acceptors (Lipinski definition) is 5. The minimum atomic E-state index is 0.00279. The molecule has 7 heteroatoms. The minimum absolute atomic E-state index is 0.00279. The molecule has 164 valence electrons. The number of hydrogen-bond donors (Lipinski definition) is 1. The lowest BCUT2D eigenvalue weighted by Gasteiger charge is -2.31. The van der Waals surface area contributed by atoms with Gasteiger partial charge in [-0.3, -0.25) is 4.79 Å². The molecule has 7 nitrogen and oxygen atoms in total. The Morgan fingerprint density at radius 1 is 0.879 bits per heavy atom. The Labute approximate surface area is 192 Å². The molecule has 2 aliphatic rings. The maximum Gasteiger partial charge on any atom is 0.227 e. The van der Waals surface area contributed by atoms with Gasteiger partial charge in [-0.1, -0.05) is 30.3 Å². The van der Waals surface area contributed by atoms with Crippen LogP contribution in [0, 0.1) is 5.92 Å². The summed E-state index contributed by atoms with van der Waals surface area (Å²) in [5, 5.41) is 16.0. The first-order valence-electron chi connectivity index (χ1n) is 11.4. The van der Waals surface area contributed by atoms with Crippen molar-refractivity contribution in [2.45, 2.75) is 19.3 Å². The van der Waals surface area contributed by atoms with Crippen molar-refractivity contribution in [2.24, 2.45) is 5.92 Å². The molecule has 3 heterocycles. The van der Waals surface area contributed by atoms with Gasteiger partial charge < -0.3 is 10.2 Å². The molecule has 6 rings (SSSR count). The first kappa shape index (κ1) is 19.7. The van der Waals surface area contributed by atoms with E-state index >= 15 is 0 Å². The second-order valence-electron chi connectivity index (χ2n) is 8.66. The molecule has 0 atom stereocenters. The van der Waals surface area contributed by atoms with Crippen LogP contribution in [-0.4, -0.2) is 39.0 Å². The van der Waals surface area contributed by atoms with Crippen molar-refractivity contribution in [1.29, 1.82) is 0 Å². The first-order valence-corrected chi connectivity index (χ1v) is 11.4. The molecular weight excluding hydrogens is 412 g/mol. The SMILES string of the molecule is O=C(Nc1ccc2c(c1)Cc1ccccc1-2)C1CCN(c2ccc(-n3cccn3)nn2)CC1. The number of amides is 1. The maximum absolute atomic E-state index is 12.9. The third-order valence-electron chi connectivity index (χ3n) is 6.63. The van der Waals surface area contributed by atoms with E-state index in [0.717, 1.165) is 43.9 Å². The van der Waals surface area contributed by atoms with Crippen LogP contribution in [0.1, 0.15) is 24.0 Å². The minimum Gasteiger partial charge on any atom is -0.355 e. The van der Waals surface area contributed by atoms with Gasteiger partial charge in [0, 0.05) is 37.1 Å². The van der Waals surface area contributed by atoms with Crippen LogP contribution < -0.4 is 10.2 Å². The van der Waals surface area contributed by atoms with E-state index in [9.17, 15) is 4.79 Å². The third kappa shape index (κ3) is 3.75. The largest absolute Gasteiger partial charge is 0.355 e. The molecule has 0 bridgehead atoms. The molecule has 1 aliphatic heterocycles. The van der Waals surface area contributed by atoms with Crippen LogP contribution in [0.25, 0.3) is 16.9 Å². The van der Waals surface area contributed by atoms with E-state index < -0.39 is 0 Å². The number of nitrogens with zero attached hydrogens (tertiary/aromatic N) is 5. The number of piperidine rings is 1. The fourth-order valence-corrected chi connectivity index (χ4v) is 4.85. The fraction of sp³-hybridized carbons (Fsp3) is 0.231. The summed E-state index contributed by atoms with van der Waals surface area (Å²) >= 11 is 0. The van der Waals surface area contributed by atoms with Gasteiger partial charge in [0.25, 0.3) is 0 Å². The van der Waals surface area contributed by atoms with Gasteiger partial charge in [0.1, 0.15) is 0 Å². The van der Waals surface area contributed by atoms with Crippen LogP contribution in [0.3, 0.4) is 0 Å². The summed E-state index contributed by atoms with van der Waals surface area (Å²) < 4.78 is 1.69. The molecule has 1 fully saturated rings. The smallest absolute Gasteiger partial charge is 0.227 e. The predicted molar refractivity (Wildman–Crippen MR) is 127 cm³/mol. The zero-order chi connectivity index (χ0) is 22.2. The predicted octanol–water partition coefficient (Wildman–Crippen LogP) is 4.09. The van der Waals surface area contributed by atoms with Gasteiger partial charge in [-0.05, 0) is 71.8 Å². The fourth-order valence-electron chi connectivity index (χ4n) is 4.85. The van der Waals surface area contributed by atoms with Gasteiger partial charge in [-0.15, -0.1) is 10.2 Å². The van der Waals surface area contributed by atoms with Crippen LogP contribution >= 0.6 is 0 Å². The average molecular weight is 437 g/mol. The number of benzene rings is 2. The molecule has 2 aromatic carbocycles. The highest BCUT2D eigenvalue weighted by atomic mass is 16.1. The van der Waals surface area contributed by atoms with Gasteiger partial charge in [-0.25, -0.2) is 4.68 Å². The molecule has 0 saturated carbocycles. The second-order valence-corrected chi connectivity index (χ2v) is 8.66. The number of carbonyl (C=O) groups excluding carboxylic acids is 1. The Morgan fingerprint density at radius 3 is 2.45 bits per heavy atom. The Bertz CT molecular complexity index is 1290. The van der Waals surface area contributed by atoms with Gasteiger partial charge in [0.15, 0.2) is 11.6 Å². The Morgan fingerprint density at radius 2 is 1.67 bits per heavy atom. The zero-order valence-electron chi connectivity index (χ0n) is 18.2. The van der Waals surface area contributed by atoms with Crippen molar-refractivity contribution in [3.05, 3.63) is 84.2 Å².